The van der Waals surface area contributed by atoms with Gasteiger partial charge in [-0.1, -0.05) is 42.5 Å². The number of nitrogens with zero attached hydrogens (tertiary/aromatic N) is 1. The van der Waals surface area contributed by atoms with Gasteiger partial charge in [-0.25, -0.2) is 8.42 Å². The van der Waals surface area contributed by atoms with Crippen LogP contribution in [0.15, 0.2) is 77.7 Å². The van der Waals surface area contributed by atoms with Gasteiger partial charge >= 0.3 is 0 Å². The second-order valence-electron chi connectivity index (χ2n) is 7.07. The third-order valence-corrected chi connectivity index (χ3v) is 6.78. The largest absolute Gasteiger partial charge is 0.493 e. The van der Waals surface area contributed by atoms with Gasteiger partial charge in [-0.3, -0.25) is 9.10 Å². The topological polar surface area (TPSA) is 84.9 Å². The lowest BCUT2D eigenvalue weighted by atomic mass is 10.1. The summed E-state index contributed by atoms with van der Waals surface area (Å²) in [6.07, 6.45) is 0. The van der Waals surface area contributed by atoms with Gasteiger partial charge in [0.1, 0.15) is 6.54 Å². The Labute approximate surface area is 188 Å². The van der Waals surface area contributed by atoms with Gasteiger partial charge in [0.2, 0.25) is 5.91 Å². The number of hydrogen-bond acceptors (Lipinski definition) is 5. The number of aryl methyl sites for hydroxylation is 1. The van der Waals surface area contributed by atoms with E-state index in [0.29, 0.717) is 18.0 Å². The molecule has 8 heteroatoms. The van der Waals surface area contributed by atoms with Crippen molar-refractivity contribution >= 4 is 21.6 Å². The molecule has 0 aliphatic rings. The molecule has 32 heavy (non-hydrogen) atoms. The van der Waals surface area contributed by atoms with E-state index in [1.165, 1.54) is 32.4 Å². The fourth-order valence-corrected chi connectivity index (χ4v) is 4.64. The minimum absolute atomic E-state index is 0.00860. The number of benzene rings is 3. The Morgan fingerprint density at radius 1 is 0.906 bits per heavy atom. The first kappa shape index (κ1) is 23.1. The number of nitrogens with one attached hydrogen (secondary N) is 1. The Morgan fingerprint density at radius 2 is 1.56 bits per heavy atom. The summed E-state index contributed by atoms with van der Waals surface area (Å²) in [7, 11) is -1.15. The fourth-order valence-electron chi connectivity index (χ4n) is 3.20. The Bertz CT molecular complexity index is 1180. The van der Waals surface area contributed by atoms with E-state index >= 15 is 0 Å². The Morgan fingerprint density at radius 3 is 2.22 bits per heavy atom. The van der Waals surface area contributed by atoms with E-state index in [4.69, 9.17) is 9.47 Å². The van der Waals surface area contributed by atoms with Gasteiger partial charge in [0.15, 0.2) is 11.5 Å². The van der Waals surface area contributed by atoms with Crippen LogP contribution in [0.1, 0.15) is 11.1 Å². The van der Waals surface area contributed by atoms with Crippen molar-refractivity contribution in [2.45, 2.75) is 18.4 Å². The monoisotopic (exact) mass is 454 g/mol. The summed E-state index contributed by atoms with van der Waals surface area (Å²) in [4.78, 5) is 12.7. The van der Waals surface area contributed by atoms with Crippen molar-refractivity contribution in [3.8, 4) is 11.5 Å². The van der Waals surface area contributed by atoms with Gasteiger partial charge in [-0.2, -0.15) is 0 Å². The van der Waals surface area contributed by atoms with Crippen molar-refractivity contribution in [3.05, 3.63) is 83.9 Å². The number of methoxy groups -OCH3 is 2. The highest BCUT2D eigenvalue weighted by Crippen LogP contribution is 2.32. The van der Waals surface area contributed by atoms with Crippen LogP contribution in [0.25, 0.3) is 0 Å². The van der Waals surface area contributed by atoms with Crippen molar-refractivity contribution in [2.75, 3.05) is 25.1 Å². The zero-order valence-electron chi connectivity index (χ0n) is 18.2. The molecule has 0 fully saturated rings. The zero-order chi connectivity index (χ0) is 23.1. The first-order valence-corrected chi connectivity index (χ1v) is 11.4. The normalized spacial score (nSPS) is 11.0. The molecule has 0 heterocycles. The fraction of sp³-hybridized carbons (Fsp3) is 0.208. The molecule has 0 aliphatic carbocycles. The number of sulfonamides is 1. The van der Waals surface area contributed by atoms with Gasteiger partial charge in [0.25, 0.3) is 10.0 Å². The molecule has 1 N–H and O–H groups in total. The average molecular weight is 455 g/mol. The maximum atomic E-state index is 13.5. The number of para-hydroxylation sites is 1. The van der Waals surface area contributed by atoms with Gasteiger partial charge in [0, 0.05) is 12.6 Å². The molecule has 0 bridgehead atoms. The molecule has 3 rings (SSSR count). The summed E-state index contributed by atoms with van der Waals surface area (Å²) >= 11 is 0. The van der Waals surface area contributed by atoms with E-state index in [-0.39, 0.29) is 17.2 Å². The van der Waals surface area contributed by atoms with Gasteiger partial charge in [-0.05, 0) is 42.3 Å². The number of amides is 1. The van der Waals surface area contributed by atoms with E-state index in [0.717, 1.165) is 15.4 Å². The molecule has 168 valence electrons. The molecule has 0 atom stereocenters. The van der Waals surface area contributed by atoms with Crippen LogP contribution < -0.4 is 19.1 Å². The van der Waals surface area contributed by atoms with E-state index in [1.54, 1.807) is 30.3 Å². The molecule has 0 saturated heterocycles. The highest BCUT2D eigenvalue weighted by molar-refractivity contribution is 7.92. The van der Waals surface area contributed by atoms with E-state index < -0.39 is 15.9 Å². The summed E-state index contributed by atoms with van der Waals surface area (Å²) in [5, 5.41) is 2.81. The van der Waals surface area contributed by atoms with Crippen molar-refractivity contribution in [1.82, 2.24) is 5.32 Å². The van der Waals surface area contributed by atoms with Crippen LogP contribution in [-0.2, 0) is 21.4 Å². The van der Waals surface area contributed by atoms with E-state index in [1.807, 2.05) is 31.2 Å². The predicted molar refractivity (Wildman–Crippen MR) is 124 cm³/mol. The van der Waals surface area contributed by atoms with Crippen LogP contribution in [0.3, 0.4) is 0 Å². The summed E-state index contributed by atoms with van der Waals surface area (Å²) in [6, 6.07) is 20.5. The van der Waals surface area contributed by atoms with Crippen molar-refractivity contribution in [3.63, 3.8) is 0 Å². The molecule has 3 aromatic rings. The third-order valence-electron chi connectivity index (χ3n) is 5.01. The maximum Gasteiger partial charge on any atom is 0.264 e. The van der Waals surface area contributed by atoms with Crippen LogP contribution in [0.4, 0.5) is 5.69 Å². The number of carbonyl (C=O) groups is 1. The first-order chi connectivity index (χ1) is 15.4. The number of ether oxygens (including phenoxy) is 2. The zero-order valence-corrected chi connectivity index (χ0v) is 19.1. The first-order valence-electron chi connectivity index (χ1n) is 9.98. The minimum atomic E-state index is -4.06. The lowest BCUT2D eigenvalue weighted by Crippen LogP contribution is -2.40. The van der Waals surface area contributed by atoms with Crippen LogP contribution in [0.2, 0.25) is 0 Å². The van der Waals surface area contributed by atoms with Crippen molar-refractivity contribution < 1.29 is 22.7 Å². The number of anilines is 1. The second-order valence-corrected chi connectivity index (χ2v) is 8.93. The number of carbonyl (C=O) groups excluding carboxylic acids is 1. The highest BCUT2D eigenvalue weighted by atomic mass is 32.2. The highest BCUT2D eigenvalue weighted by Gasteiger charge is 2.28. The lowest BCUT2D eigenvalue weighted by Gasteiger charge is -2.24. The molecule has 3 aromatic carbocycles. The molecule has 7 nitrogen and oxygen atoms in total. The molecular weight excluding hydrogens is 428 g/mol. The Balaban J connectivity index is 1.89. The maximum absolute atomic E-state index is 13.5. The van der Waals surface area contributed by atoms with E-state index in [2.05, 4.69) is 5.32 Å². The Hall–Kier alpha value is -3.52. The van der Waals surface area contributed by atoms with Crippen molar-refractivity contribution in [1.29, 1.82) is 0 Å². The van der Waals surface area contributed by atoms with Crippen LogP contribution in [0, 0.1) is 6.92 Å². The number of rotatable bonds is 9. The van der Waals surface area contributed by atoms with Gasteiger partial charge < -0.3 is 14.8 Å². The van der Waals surface area contributed by atoms with Crippen LogP contribution in [0.5, 0.6) is 11.5 Å². The van der Waals surface area contributed by atoms with Crippen LogP contribution >= 0.6 is 0 Å². The molecule has 0 aromatic heterocycles. The summed E-state index contributed by atoms with van der Waals surface area (Å²) < 4.78 is 38.6. The molecule has 0 spiro atoms. The Kier molecular flexibility index (Phi) is 7.37. The quantitative estimate of drug-likeness (QED) is 0.535. The van der Waals surface area contributed by atoms with Gasteiger partial charge in [-0.15, -0.1) is 0 Å². The summed E-state index contributed by atoms with van der Waals surface area (Å²) in [6.45, 7) is 1.90. The average Bonchev–Trinajstić information content (AvgIpc) is 2.82. The predicted octanol–water partition coefficient (Wildman–Crippen LogP) is 3.52. The van der Waals surface area contributed by atoms with Gasteiger partial charge in [0.05, 0.1) is 24.8 Å². The third kappa shape index (κ3) is 5.20. The minimum Gasteiger partial charge on any atom is -0.493 e. The molecule has 0 unspecified atom stereocenters. The molecule has 0 aliphatic heterocycles. The van der Waals surface area contributed by atoms with Crippen LogP contribution in [-0.4, -0.2) is 35.1 Å². The second kappa shape index (κ2) is 10.2. The smallest absolute Gasteiger partial charge is 0.264 e. The molecule has 1 amide bonds. The molecule has 0 saturated carbocycles. The number of hydrogen-bond donors (Lipinski definition) is 1. The molecule has 0 radical (unpaired) electrons. The summed E-state index contributed by atoms with van der Waals surface area (Å²) in [5.41, 5.74) is 2.40. The van der Waals surface area contributed by atoms with E-state index in [9.17, 15) is 13.2 Å². The standard InChI is InChI=1S/C24H26N2O5S/c1-18-9-7-8-10-19(18)16-25-24(27)17-26(20-11-5-4-6-12-20)32(28,29)21-13-14-22(30-2)23(15-21)31-3/h4-15H,16-17H2,1-3H3,(H,25,27). The lowest BCUT2D eigenvalue weighted by molar-refractivity contribution is -0.119. The summed E-state index contributed by atoms with van der Waals surface area (Å²) in [5.74, 6) is 0.278. The van der Waals surface area contributed by atoms with Crippen molar-refractivity contribution in [2.24, 2.45) is 0 Å². The SMILES string of the molecule is COc1ccc(S(=O)(=O)N(CC(=O)NCc2ccccc2C)c2ccccc2)cc1OC. The molecular formula is C24H26N2O5S.